The monoisotopic (exact) mass is 253 g/mol. The van der Waals surface area contributed by atoms with Crippen LogP contribution >= 0.6 is 11.6 Å². The Morgan fingerprint density at radius 3 is 2.82 bits per heavy atom. The summed E-state index contributed by atoms with van der Waals surface area (Å²) in [5.74, 6) is -0.294. The van der Waals surface area contributed by atoms with E-state index >= 15 is 0 Å². The molecule has 0 radical (unpaired) electrons. The summed E-state index contributed by atoms with van der Waals surface area (Å²) < 4.78 is 0. The Kier molecular flexibility index (Phi) is 3.15. The van der Waals surface area contributed by atoms with Gasteiger partial charge in [0.1, 0.15) is 0 Å². The molecule has 2 rings (SSSR count). The molecule has 5 heteroatoms. The number of benzene rings is 1. The molecule has 1 aliphatic heterocycles. The van der Waals surface area contributed by atoms with Gasteiger partial charge in [-0.2, -0.15) is 0 Å². The number of rotatable bonds is 2. The van der Waals surface area contributed by atoms with E-state index in [1.165, 1.54) is 0 Å². The molecule has 0 aliphatic carbocycles. The van der Waals surface area contributed by atoms with Crippen LogP contribution in [0.25, 0.3) is 0 Å². The third-order valence-electron chi connectivity index (χ3n) is 3.25. The van der Waals surface area contributed by atoms with Crippen molar-refractivity contribution in [2.45, 2.75) is 13.3 Å². The molecular weight excluding hydrogens is 238 g/mol. The third-order valence-corrected chi connectivity index (χ3v) is 3.57. The van der Waals surface area contributed by atoms with E-state index in [1.807, 2.05) is 19.1 Å². The summed E-state index contributed by atoms with van der Waals surface area (Å²) in [6.07, 6.45) is 0.802. The van der Waals surface area contributed by atoms with E-state index < -0.39 is 0 Å². The first-order valence-corrected chi connectivity index (χ1v) is 5.96. The van der Waals surface area contributed by atoms with E-state index in [1.54, 1.807) is 0 Å². The maximum atomic E-state index is 11.1. The fourth-order valence-corrected chi connectivity index (χ4v) is 2.40. The van der Waals surface area contributed by atoms with Gasteiger partial charge in [-0.1, -0.05) is 11.6 Å². The van der Waals surface area contributed by atoms with Gasteiger partial charge in [-0.05, 0) is 31.0 Å². The Hall–Kier alpha value is -1.42. The van der Waals surface area contributed by atoms with Crippen molar-refractivity contribution in [2.24, 2.45) is 11.7 Å². The molecule has 1 heterocycles. The quantitative estimate of drug-likeness (QED) is 0.786. The first kappa shape index (κ1) is 12.0. The fraction of sp³-hybridized carbons (Fsp3) is 0.417. The SMILES string of the molecule is Cc1cc(N)c(Cl)cc1N1CCC(C(N)=O)C1. The van der Waals surface area contributed by atoms with Gasteiger partial charge in [0.2, 0.25) is 5.91 Å². The van der Waals surface area contributed by atoms with Crippen LogP contribution in [0.5, 0.6) is 0 Å². The van der Waals surface area contributed by atoms with Gasteiger partial charge in [0.25, 0.3) is 0 Å². The van der Waals surface area contributed by atoms with Crippen LogP contribution in [0.3, 0.4) is 0 Å². The van der Waals surface area contributed by atoms with Crippen molar-refractivity contribution in [3.05, 3.63) is 22.7 Å². The highest BCUT2D eigenvalue weighted by atomic mass is 35.5. The summed E-state index contributed by atoms with van der Waals surface area (Å²) in [6, 6.07) is 3.71. The first-order chi connectivity index (χ1) is 7.99. The predicted octanol–water partition coefficient (Wildman–Crippen LogP) is 1.54. The number of carbonyl (C=O) groups excluding carboxylic acids is 1. The number of amides is 1. The number of hydrogen-bond donors (Lipinski definition) is 2. The molecule has 92 valence electrons. The number of nitrogens with two attached hydrogens (primary N) is 2. The Bertz CT molecular complexity index is 461. The number of carbonyl (C=O) groups is 1. The topological polar surface area (TPSA) is 72.3 Å². The molecule has 1 atom stereocenters. The van der Waals surface area contributed by atoms with Gasteiger partial charge in [0.15, 0.2) is 0 Å². The van der Waals surface area contributed by atoms with Gasteiger partial charge in [-0.25, -0.2) is 0 Å². The van der Waals surface area contributed by atoms with Crippen molar-refractivity contribution in [1.29, 1.82) is 0 Å². The smallest absolute Gasteiger partial charge is 0.222 e. The minimum atomic E-state index is -0.230. The highest BCUT2D eigenvalue weighted by Gasteiger charge is 2.27. The lowest BCUT2D eigenvalue weighted by atomic mass is 10.1. The average molecular weight is 254 g/mol. The molecule has 0 bridgehead atoms. The number of aryl methyl sites for hydroxylation is 1. The molecule has 1 aromatic rings. The summed E-state index contributed by atoms with van der Waals surface area (Å²) in [7, 11) is 0. The van der Waals surface area contributed by atoms with E-state index in [9.17, 15) is 4.79 Å². The number of nitrogens with zero attached hydrogens (tertiary/aromatic N) is 1. The lowest BCUT2D eigenvalue weighted by Gasteiger charge is -2.21. The minimum absolute atomic E-state index is 0.0641. The lowest BCUT2D eigenvalue weighted by molar-refractivity contribution is -0.121. The molecule has 1 aromatic carbocycles. The number of halogens is 1. The summed E-state index contributed by atoms with van der Waals surface area (Å²) >= 11 is 6.02. The molecule has 1 aliphatic rings. The zero-order valence-corrected chi connectivity index (χ0v) is 10.5. The summed E-state index contributed by atoms with van der Waals surface area (Å²) in [5.41, 5.74) is 13.7. The summed E-state index contributed by atoms with van der Waals surface area (Å²) in [5, 5.41) is 0.549. The fourth-order valence-electron chi connectivity index (χ4n) is 2.25. The molecule has 4 N–H and O–H groups in total. The largest absolute Gasteiger partial charge is 0.398 e. The van der Waals surface area contributed by atoms with Crippen LogP contribution in [0.1, 0.15) is 12.0 Å². The average Bonchev–Trinajstić information content (AvgIpc) is 2.72. The Balaban J connectivity index is 2.24. The first-order valence-electron chi connectivity index (χ1n) is 5.59. The van der Waals surface area contributed by atoms with Crippen LogP contribution in [0, 0.1) is 12.8 Å². The van der Waals surface area contributed by atoms with Crippen LogP contribution < -0.4 is 16.4 Å². The third kappa shape index (κ3) is 2.31. The number of anilines is 2. The van der Waals surface area contributed by atoms with Gasteiger partial charge in [-0.3, -0.25) is 4.79 Å². The van der Waals surface area contributed by atoms with E-state index in [4.69, 9.17) is 23.1 Å². The van der Waals surface area contributed by atoms with Crippen molar-refractivity contribution in [2.75, 3.05) is 23.7 Å². The van der Waals surface area contributed by atoms with Crippen molar-refractivity contribution >= 4 is 28.9 Å². The van der Waals surface area contributed by atoms with Gasteiger partial charge < -0.3 is 16.4 Å². The highest BCUT2D eigenvalue weighted by Crippen LogP contribution is 2.32. The molecular formula is C12H16ClN3O. The number of primary amides is 1. The molecule has 1 unspecified atom stereocenters. The van der Waals surface area contributed by atoms with Crippen LogP contribution in [0.2, 0.25) is 5.02 Å². The molecule has 0 aromatic heterocycles. The summed E-state index contributed by atoms with van der Waals surface area (Å²) in [4.78, 5) is 13.3. The van der Waals surface area contributed by atoms with E-state index in [0.29, 0.717) is 17.3 Å². The zero-order chi connectivity index (χ0) is 12.6. The Morgan fingerprint density at radius 2 is 2.24 bits per heavy atom. The highest BCUT2D eigenvalue weighted by molar-refractivity contribution is 6.33. The maximum absolute atomic E-state index is 11.1. The maximum Gasteiger partial charge on any atom is 0.222 e. The second kappa shape index (κ2) is 4.45. The van der Waals surface area contributed by atoms with Gasteiger partial charge >= 0.3 is 0 Å². The molecule has 17 heavy (non-hydrogen) atoms. The summed E-state index contributed by atoms with van der Waals surface area (Å²) in [6.45, 7) is 3.48. The van der Waals surface area contributed by atoms with Crippen LogP contribution in [-0.4, -0.2) is 19.0 Å². The Morgan fingerprint density at radius 1 is 1.53 bits per heavy atom. The van der Waals surface area contributed by atoms with Gasteiger partial charge in [0, 0.05) is 18.8 Å². The van der Waals surface area contributed by atoms with Crippen molar-refractivity contribution < 1.29 is 4.79 Å². The van der Waals surface area contributed by atoms with Gasteiger partial charge in [0.05, 0.1) is 16.6 Å². The van der Waals surface area contributed by atoms with Gasteiger partial charge in [-0.15, -0.1) is 0 Å². The lowest BCUT2D eigenvalue weighted by Crippen LogP contribution is -2.27. The van der Waals surface area contributed by atoms with Crippen molar-refractivity contribution in [3.8, 4) is 0 Å². The standard InChI is InChI=1S/C12H16ClN3O/c1-7-4-10(14)9(13)5-11(7)16-3-2-8(6-16)12(15)17/h4-5,8H,2-3,6,14H2,1H3,(H2,15,17). The van der Waals surface area contributed by atoms with Crippen LogP contribution in [-0.2, 0) is 4.79 Å². The predicted molar refractivity (Wildman–Crippen MR) is 70.1 cm³/mol. The van der Waals surface area contributed by atoms with Crippen molar-refractivity contribution in [1.82, 2.24) is 0 Å². The molecule has 1 saturated heterocycles. The number of nitrogen functional groups attached to an aromatic ring is 1. The van der Waals surface area contributed by atoms with E-state index in [2.05, 4.69) is 4.90 Å². The minimum Gasteiger partial charge on any atom is -0.398 e. The normalized spacial score (nSPS) is 19.6. The van der Waals surface area contributed by atoms with E-state index in [-0.39, 0.29) is 11.8 Å². The van der Waals surface area contributed by atoms with Crippen molar-refractivity contribution in [3.63, 3.8) is 0 Å². The molecule has 0 spiro atoms. The van der Waals surface area contributed by atoms with E-state index in [0.717, 1.165) is 24.2 Å². The second-order valence-electron chi connectivity index (χ2n) is 4.49. The molecule has 1 amide bonds. The zero-order valence-electron chi connectivity index (χ0n) is 9.74. The molecule has 4 nitrogen and oxygen atoms in total. The van der Waals surface area contributed by atoms with Crippen LogP contribution in [0.4, 0.5) is 11.4 Å². The Labute approximate surface area is 106 Å². The molecule has 0 saturated carbocycles. The molecule has 1 fully saturated rings. The second-order valence-corrected chi connectivity index (χ2v) is 4.90. The number of hydrogen-bond acceptors (Lipinski definition) is 3. The van der Waals surface area contributed by atoms with Crippen LogP contribution in [0.15, 0.2) is 12.1 Å².